The van der Waals surface area contributed by atoms with E-state index in [1.54, 1.807) is 0 Å². The van der Waals surface area contributed by atoms with Gasteiger partial charge in [0.1, 0.15) is 18.1 Å². The fourth-order valence-electron chi connectivity index (χ4n) is 8.17. The molecule has 6 heteroatoms. The first-order valence-corrected chi connectivity index (χ1v) is 12.1. The summed E-state index contributed by atoms with van der Waals surface area (Å²) in [6.45, 7) is 6.11. The highest BCUT2D eigenvalue weighted by Crippen LogP contribution is 2.67. The van der Waals surface area contributed by atoms with Gasteiger partial charge in [0.05, 0.1) is 12.0 Å². The molecule has 4 aliphatic carbocycles. The Morgan fingerprint density at radius 2 is 1.87 bits per heavy atom. The molecule has 4 saturated carbocycles. The van der Waals surface area contributed by atoms with Crippen molar-refractivity contribution in [3.8, 4) is 6.07 Å². The number of alkyl halides is 1. The maximum atomic E-state index is 12.3. The minimum Gasteiger partial charge on any atom is -0.463 e. The van der Waals surface area contributed by atoms with Crippen LogP contribution in [0.2, 0.25) is 0 Å². The van der Waals surface area contributed by atoms with Crippen LogP contribution in [0, 0.1) is 51.8 Å². The molecule has 4 fully saturated rings. The van der Waals surface area contributed by atoms with Crippen molar-refractivity contribution in [1.29, 1.82) is 5.26 Å². The molecule has 0 spiro atoms. The second kappa shape index (κ2) is 8.01. The molecule has 0 aromatic heterocycles. The van der Waals surface area contributed by atoms with E-state index in [-0.39, 0.29) is 52.7 Å². The fourth-order valence-corrected chi connectivity index (χ4v) is 8.23. The molecule has 0 saturated heterocycles. The van der Waals surface area contributed by atoms with Crippen LogP contribution in [0.5, 0.6) is 0 Å². The van der Waals surface area contributed by atoms with Gasteiger partial charge < -0.3 is 9.47 Å². The molecular formula is C24H34ClNO4. The first kappa shape index (κ1) is 21.9. The molecule has 0 N–H and O–H groups in total. The number of carbonyl (C=O) groups is 2. The van der Waals surface area contributed by atoms with E-state index in [0.717, 1.165) is 51.4 Å². The molecule has 4 unspecified atom stereocenters. The van der Waals surface area contributed by atoms with E-state index in [0.29, 0.717) is 17.8 Å². The Bertz CT molecular complexity index is 750. The van der Waals surface area contributed by atoms with E-state index < -0.39 is 0 Å². The number of nitriles is 1. The van der Waals surface area contributed by atoms with Gasteiger partial charge in [-0.15, -0.1) is 11.6 Å². The van der Waals surface area contributed by atoms with Crippen molar-refractivity contribution in [2.45, 2.75) is 84.3 Å². The summed E-state index contributed by atoms with van der Waals surface area (Å²) in [4.78, 5) is 23.8. The number of hydrogen-bond donors (Lipinski definition) is 0. The van der Waals surface area contributed by atoms with E-state index in [4.69, 9.17) is 21.1 Å². The molecule has 166 valence electrons. The largest absolute Gasteiger partial charge is 0.463 e. The lowest BCUT2D eigenvalue weighted by Crippen LogP contribution is -2.60. The number of fused-ring (bicyclic) bond motifs is 5. The number of halogens is 1. The third-order valence-corrected chi connectivity index (χ3v) is 9.62. The van der Waals surface area contributed by atoms with Gasteiger partial charge in [-0.2, -0.15) is 5.26 Å². The molecule has 4 rings (SSSR count). The van der Waals surface area contributed by atoms with Crippen LogP contribution in [0.3, 0.4) is 0 Å². The van der Waals surface area contributed by atoms with Gasteiger partial charge in [-0.25, -0.2) is 0 Å². The molecular weight excluding hydrogens is 402 g/mol. The minimum atomic E-state index is -0.353. The zero-order chi connectivity index (χ0) is 21.7. The lowest BCUT2D eigenvalue weighted by atomic mass is 9.44. The van der Waals surface area contributed by atoms with Crippen molar-refractivity contribution in [2.24, 2.45) is 40.4 Å². The average Bonchev–Trinajstić information content (AvgIpc) is 3.03. The second-order valence-electron chi connectivity index (χ2n) is 10.7. The molecule has 9 atom stereocenters. The van der Waals surface area contributed by atoms with Crippen molar-refractivity contribution in [2.75, 3.05) is 5.88 Å². The third kappa shape index (κ3) is 3.44. The molecule has 30 heavy (non-hydrogen) atoms. The van der Waals surface area contributed by atoms with Crippen molar-refractivity contribution < 1.29 is 19.1 Å². The van der Waals surface area contributed by atoms with Crippen molar-refractivity contribution in [3.63, 3.8) is 0 Å². The average molecular weight is 436 g/mol. The first-order valence-electron chi connectivity index (χ1n) is 11.5. The van der Waals surface area contributed by atoms with Gasteiger partial charge in [0.2, 0.25) is 0 Å². The van der Waals surface area contributed by atoms with Crippen LogP contribution in [0.15, 0.2) is 0 Å². The van der Waals surface area contributed by atoms with Gasteiger partial charge in [0.15, 0.2) is 0 Å². The fraction of sp³-hybridized carbons (Fsp3) is 0.875. The SMILES string of the molecule is CC(=O)OC1CC[C@@]2(C)C(CC[C@@H]3[C@H]2C(OC(=O)CCl)C[C@]2(C)C(C#N)CC[C@@H]32)C1. The van der Waals surface area contributed by atoms with Gasteiger partial charge in [-0.1, -0.05) is 13.8 Å². The first-order chi connectivity index (χ1) is 14.2. The number of esters is 2. The molecule has 0 bridgehead atoms. The zero-order valence-electron chi connectivity index (χ0n) is 18.4. The third-order valence-electron chi connectivity index (χ3n) is 9.40. The summed E-state index contributed by atoms with van der Waals surface area (Å²) in [6, 6.07) is 2.56. The quantitative estimate of drug-likeness (QED) is 0.467. The summed E-state index contributed by atoms with van der Waals surface area (Å²) in [5.41, 5.74) is -0.0335. The Morgan fingerprint density at radius 3 is 2.53 bits per heavy atom. The van der Waals surface area contributed by atoms with E-state index in [1.807, 2.05) is 0 Å². The maximum Gasteiger partial charge on any atom is 0.321 e. The summed E-state index contributed by atoms with van der Waals surface area (Å²) < 4.78 is 11.6. The Hall–Kier alpha value is -1.28. The van der Waals surface area contributed by atoms with Crippen LogP contribution < -0.4 is 0 Å². The van der Waals surface area contributed by atoms with Crippen molar-refractivity contribution >= 4 is 23.5 Å². The number of hydrogen-bond acceptors (Lipinski definition) is 5. The molecule has 0 amide bonds. The highest BCUT2D eigenvalue weighted by atomic mass is 35.5. The lowest BCUT2D eigenvalue weighted by Gasteiger charge is -2.62. The minimum absolute atomic E-state index is 0.00396. The van der Waals surface area contributed by atoms with Crippen LogP contribution >= 0.6 is 11.6 Å². The summed E-state index contributed by atoms with van der Waals surface area (Å²) in [5.74, 6) is 1.09. The van der Waals surface area contributed by atoms with Crippen molar-refractivity contribution in [3.05, 3.63) is 0 Å². The lowest BCUT2D eigenvalue weighted by molar-refractivity contribution is -0.198. The topological polar surface area (TPSA) is 76.4 Å². The standard InChI is InChI=1S/C24H34ClNO4/c1-14(27)29-17-8-9-23(2)15(10-17)4-6-18-19-7-5-16(13-26)24(19,3)11-20(22(18)23)30-21(28)12-25/h15-20,22H,4-12H2,1-3H3/t15?,16?,17?,18-,19-,20?,22-,23-,24+/m0/s1. The molecule has 4 aliphatic rings. The van der Waals surface area contributed by atoms with Crippen LogP contribution in [-0.4, -0.2) is 30.0 Å². The Balaban J connectivity index is 1.65. The highest BCUT2D eigenvalue weighted by Gasteiger charge is 2.64. The number of ether oxygens (including phenoxy) is 2. The molecule has 0 heterocycles. The number of rotatable bonds is 3. The van der Waals surface area contributed by atoms with Crippen molar-refractivity contribution in [1.82, 2.24) is 0 Å². The highest BCUT2D eigenvalue weighted by molar-refractivity contribution is 6.26. The van der Waals surface area contributed by atoms with Crippen LogP contribution in [0.25, 0.3) is 0 Å². The van der Waals surface area contributed by atoms with Crippen LogP contribution in [0.1, 0.15) is 72.1 Å². The van der Waals surface area contributed by atoms with E-state index in [2.05, 4.69) is 19.9 Å². The molecule has 0 aromatic carbocycles. The predicted octanol–water partition coefficient (Wildman–Crippen LogP) is 4.86. The van der Waals surface area contributed by atoms with E-state index >= 15 is 0 Å². The molecule has 0 radical (unpaired) electrons. The summed E-state index contributed by atoms with van der Waals surface area (Å²) in [5, 5.41) is 9.80. The van der Waals surface area contributed by atoms with E-state index in [1.165, 1.54) is 6.92 Å². The smallest absolute Gasteiger partial charge is 0.321 e. The Kier molecular flexibility index (Phi) is 5.85. The summed E-state index contributed by atoms with van der Waals surface area (Å²) in [7, 11) is 0. The Labute approximate surface area is 184 Å². The normalized spacial score (nSPS) is 47.2. The maximum absolute atomic E-state index is 12.3. The molecule has 0 aliphatic heterocycles. The van der Waals surface area contributed by atoms with Gasteiger partial charge >= 0.3 is 11.9 Å². The summed E-state index contributed by atoms with van der Waals surface area (Å²) in [6.07, 6.45) is 7.60. The van der Waals surface area contributed by atoms with Gasteiger partial charge in [-0.3, -0.25) is 9.59 Å². The van der Waals surface area contributed by atoms with Gasteiger partial charge in [-0.05, 0) is 80.0 Å². The Morgan fingerprint density at radius 1 is 1.10 bits per heavy atom. The molecule has 5 nitrogen and oxygen atoms in total. The second-order valence-corrected chi connectivity index (χ2v) is 11.0. The molecule has 0 aromatic rings. The van der Waals surface area contributed by atoms with Crippen LogP contribution in [0.4, 0.5) is 0 Å². The summed E-state index contributed by atoms with van der Waals surface area (Å²) >= 11 is 5.81. The van der Waals surface area contributed by atoms with Gasteiger partial charge in [0.25, 0.3) is 0 Å². The monoisotopic (exact) mass is 435 g/mol. The number of nitrogens with zero attached hydrogens (tertiary/aromatic N) is 1. The van der Waals surface area contributed by atoms with E-state index in [9.17, 15) is 14.9 Å². The zero-order valence-corrected chi connectivity index (χ0v) is 19.1. The predicted molar refractivity (Wildman–Crippen MR) is 112 cm³/mol. The van der Waals surface area contributed by atoms with Crippen LogP contribution in [-0.2, 0) is 19.1 Å². The number of carbonyl (C=O) groups excluding carboxylic acids is 2. The van der Waals surface area contributed by atoms with Gasteiger partial charge in [0, 0.05) is 12.8 Å².